The molecule has 0 unspecified atom stereocenters. The number of aromatic nitrogens is 4. The van der Waals surface area contributed by atoms with Crippen molar-refractivity contribution in [2.45, 2.75) is 19.5 Å². The van der Waals surface area contributed by atoms with Gasteiger partial charge in [-0.15, -0.1) is 0 Å². The summed E-state index contributed by atoms with van der Waals surface area (Å²) in [5.74, 6) is 0.472. The van der Waals surface area contributed by atoms with E-state index < -0.39 is 11.9 Å². The fourth-order valence-corrected chi connectivity index (χ4v) is 3.33. The number of hydrogen-bond acceptors (Lipinski definition) is 4. The Hall–Kier alpha value is -3.73. The summed E-state index contributed by atoms with van der Waals surface area (Å²) in [6.07, 6.45) is -1.28. The number of aryl methyl sites for hydroxylation is 2. The Morgan fingerprint density at radius 2 is 1.77 bits per heavy atom. The lowest BCUT2D eigenvalue weighted by atomic mass is 10.0. The maximum Gasteiger partial charge on any atom is 0.433 e. The van der Waals surface area contributed by atoms with Crippen molar-refractivity contribution in [3.05, 3.63) is 65.6 Å². The lowest BCUT2D eigenvalue weighted by Crippen LogP contribution is -2.07. The SMILES string of the molecule is Cc1cc(-c2ccc(CC#N)cc2)cnc1-c1nc2cc(C(F)(F)F)ncc2n1C. The Morgan fingerprint density at radius 1 is 1.03 bits per heavy atom. The second kappa shape index (κ2) is 7.26. The lowest BCUT2D eigenvalue weighted by Gasteiger charge is -2.09. The van der Waals surface area contributed by atoms with Crippen LogP contribution in [0.25, 0.3) is 33.7 Å². The highest BCUT2D eigenvalue weighted by molar-refractivity contribution is 5.80. The van der Waals surface area contributed by atoms with E-state index in [1.54, 1.807) is 17.8 Å². The summed E-state index contributed by atoms with van der Waals surface area (Å²) in [6, 6.07) is 12.7. The van der Waals surface area contributed by atoms with Crippen molar-refractivity contribution >= 4 is 11.0 Å². The highest BCUT2D eigenvalue weighted by Gasteiger charge is 2.33. The fourth-order valence-electron chi connectivity index (χ4n) is 3.33. The van der Waals surface area contributed by atoms with Crippen LogP contribution in [-0.4, -0.2) is 19.5 Å². The van der Waals surface area contributed by atoms with E-state index in [2.05, 4.69) is 21.0 Å². The van der Waals surface area contributed by atoms with Crippen LogP contribution in [0.15, 0.2) is 48.8 Å². The molecule has 4 rings (SSSR count). The summed E-state index contributed by atoms with van der Waals surface area (Å²) in [7, 11) is 1.72. The van der Waals surface area contributed by atoms with E-state index in [0.717, 1.165) is 28.3 Å². The number of fused-ring (bicyclic) bond motifs is 1. The van der Waals surface area contributed by atoms with Crippen molar-refractivity contribution in [3.8, 4) is 28.7 Å². The van der Waals surface area contributed by atoms with Crippen LogP contribution >= 0.6 is 0 Å². The van der Waals surface area contributed by atoms with Gasteiger partial charge in [-0.25, -0.2) is 9.97 Å². The second-order valence-electron chi connectivity index (χ2n) is 6.97. The van der Waals surface area contributed by atoms with Crippen molar-refractivity contribution in [1.29, 1.82) is 5.26 Å². The molecular formula is C22H16F3N5. The van der Waals surface area contributed by atoms with Crippen LogP contribution in [-0.2, 0) is 19.6 Å². The first-order valence-corrected chi connectivity index (χ1v) is 9.11. The first kappa shape index (κ1) is 19.6. The van der Waals surface area contributed by atoms with E-state index in [9.17, 15) is 13.2 Å². The Morgan fingerprint density at radius 3 is 2.40 bits per heavy atom. The van der Waals surface area contributed by atoms with Crippen LogP contribution in [0.5, 0.6) is 0 Å². The number of rotatable bonds is 3. The predicted octanol–water partition coefficient (Wildman–Crippen LogP) is 5.09. The molecule has 0 spiro atoms. The first-order chi connectivity index (χ1) is 14.3. The van der Waals surface area contributed by atoms with E-state index in [1.807, 2.05) is 37.3 Å². The molecule has 0 fully saturated rings. The largest absolute Gasteiger partial charge is 0.433 e. The Bertz CT molecular complexity index is 1280. The third kappa shape index (κ3) is 3.50. The monoisotopic (exact) mass is 407 g/mol. The van der Waals surface area contributed by atoms with Gasteiger partial charge in [0.1, 0.15) is 11.4 Å². The minimum atomic E-state index is -4.52. The average Bonchev–Trinajstić information content (AvgIpc) is 3.04. The smallest absolute Gasteiger partial charge is 0.325 e. The van der Waals surface area contributed by atoms with E-state index in [-0.39, 0.29) is 5.52 Å². The second-order valence-corrected chi connectivity index (χ2v) is 6.97. The zero-order chi connectivity index (χ0) is 21.5. The first-order valence-electron chi connectivity index (χ1n) is 9.11. The number of alkyl halides is 3. The minimum absolute atomic E-state index is 0.216. The van der Waals surface area contributed by atoms with E-state index in [0.29, 0.717) is 23.5 Å². The van der Waals surface area contributed by atoms with Gasteiger partial charge in [0, 0.05) is 18.8 Å². The van der Waals surface area contributed by atoms with Crippen molar-refractivity contribution in [2.75, 3.05) is 0 Å². The normalized spacial score (nSPS) is 11.6. The molecule has 30 heavy (non-hydrogen) atoms. The van der Waals surface area contributed by atoms with Gasteiger partial charge in [-0.1, -0.05) is 24.3 Å². The molecule has 0 bridgehead atoms. The minimum Gasteiger partial charge on any atom is -0.325 e. The summed E-state index contributed by atoms with van der Waals surface area (Å²) in [5, 5.41) is 8.78. The molecule has 0 aliphatic heterocycles. The molecular weight excluding hydrogens is 391 g/mol. The van der Waals surface area contributed by atoms with E-state index in [1.165, 1.54) is 6.20 Å². The highest BCUT2D eigenvalue weighted by Crippen LogP contribution is 2.32. The van der Waals surface area contributed by atoms with Gasteiger partial charge in [0.05, 0.1) is 29.7 Å². The summed E-state index contributed by atoms with van der Waals surface area (Å²) in [5.41, 5.74) is 3.98. The quantitative estimate of drug-likeness (QED) is 0.474. The Kier molecular flexibility index (Phi) is 4.74. The van der Waals surface area contributed by atoms with Crippen molar-refractivity contribution < 1.29 is 13.2 Å². The molecule has 0 radical (unpaired) electrons. The molecule has 0 N–H and O–H groups in total. The molecule has 0 saturated heterocycles. The molecule has 0 atom stereocenters. The molecule has 5 nitrogen and oxygen atoms in total. The number of nitriles is 1. The van der Waals surface area contributed by atoms with Crippen LogP contribution in [0.1, 0.15) is 16.8 Å². The van der Waals surface area contributed by atoms with Gasteiger partial charge in [0.15, 0.2) is 5.82 Å². The molecule has 0 amide bonds. The zero-order valence-electron chi connectivity index (χ0n) is 16.2. The van der Waals surface area contributed by atoms with Crippen LogP contribution in [0.4, 0.5) is 13.2 Å². The van der Waals surface area contributed by atoms with Crippen LogP contribution in [0, 0.1) is 18.3 Å². The molecule has 3 aromatic heterocycles. The van der Waals surface area contributed by atoms with Crippen molar-refractivity contribution in [1.82, 2.24) is 19.5 Å². The van der Waals surface area contributed by atoms with Crippen molar-refractivity contribution in [2.24, 2.45) is 7.05 Å². The maximum atomic E-state index is 13.0. The molecule has 0 aliphatic carbocycles. The Labute approximate surface area is 170 Å². The van der Waals surface area contributed by atoms with Crippen LogP contribution in [0.2, 0.25) is 0 Å². The van der Waals surface area contributed by atoms with Gasteiger partial charge in [-0.05, 0) is 35.7 Å². The standard InChI is InChI=1S/C22H16F3N5/c1-13-9-16(15-5-3-14(4-6-15)7-8-26)11-28-20(13)21-29-17-10-19(22(23,24)25)27-12-18(17)30(21)2/h3-6,9-12H,7H2,1-2H3. The van der Waals surface area contributed by atoms with Gasteiger partial charge < -0.3 is 4.57 Å². The summed E-state index contributed by atoms with van der Waals surface area (Å²) >= 11 is 0. The number of hydrogen-bond donors (Lipinski definition) is 0. The number of pyridine rings is 2. The number of benzene rings is 1. The Balaban J connectivity index is 1.73. The molecule has 4 aromatic rings. The maximum absolute atomic E-state index is 13.0. The van der Waals surface area contributed by atoms with Gasteiger partial charge in [0.25, 0.3) is 0 Å². The molecule has 0 aliphatic rings. The molecule has 3 heterocycles. The number of nitrogens with zero attached hydrogens (tertiary/aromatic N) is 5. The van der Waals surface area contributed by atoms with Gasteiger partial charge in [-0.2, -0.15) is 18.4 Å². The zero-order valence-corrected chi connectivity index (χ0v) is 16.2. The van der Waals surface area contributed by atoms with Gasteiger partial charge in [-0.3, -0.25) is 4.98 Å². The van der Waals surface area contributed by atoms with E-state index >= 15 is 0 Å². The predicted molar refractivity (Wildman–Crippen MR) is 106 cm³/mol. The third-order valence-electron chi connectivity index (χ3n) is 4.92. The third-order valence-corrected chi connectivity index (χ3v) is 4.92. The van der Waals surface area contributed by atoms with E-state index in [4.69, 9.17) is 5.26 Å². The average molecular weight is 407 g/mol. The lowest BCUT2D eigenvalue weighted by molar-refractivity contribution is -0.141. The molecule has 8 heteroatoms. The molecule has 150 valence electrons. The fraction of sp³-hybridized carbons (Fsp3) is 0.182. The summed E-state index contributed by atoms with van der Waals surface area (Å²) in [4.78, 5) is 12.4. The van der Waals surface area contributed by atoms with Gasteiger partial charge in [0.2, 0.25) is 0 Å². The molecule has 0 saturated carbocycles. The number of halogens is 3. The summed E-state index contributed by atoms with van der Waals surface area (Å²) < 4.78 is 40.6. The van der Waals surface area contributed by atoms with Gasteiger partial charge >= 0.3 is 6.18 Å². The van der Waals surface area contributed by atoms with Crippen molar-refractivity contribution in [3.63, 3.8) is 0 Å². The topological polar surface area (TPSA) is 67.4 Å². The molecule has 1 aromatic carbocycles. The van der Waals surface area contributed by atoms with Crippen LogP contribution in [0.3, 0.4) is 0 Å². The highest BCUT2D eigenvalue weighted by atomic mass is 19.4. The summed E-state index contributed by atoms with van der Waals surface area (Å²) in [6.45, 7) is 1.88. The number of imidazole rings is 1. The van der Waals surface area contributed by atoms with Crippen LogP contribution < -0.4 is 0 Å².